The summed E-state index contributed by atoms with van der Waals surface area (Å²) in [5.74, 6) is -1.93. The molecule has 1 aromatic carbocycles. The van der Waals surface area contributed by atoms with E-state index in [1.165, 1.54) is 0 Å². The third-order valence-corrected chi connectivity index (χ3v) is 3.37. The van der Waals surface area contributed by atoms with Gasteiger partial charge in [0.05, 0.1) is 0 Å². The van der Waals surface area contributed by atoms with Crippen molar-refractivity contribution in [3.8, 4) is 0 Å². The van der Waals surface area contributed by atoms with Crippen LogP contribution in [0, 0.1) is 23.4 Å². The molecule has 1 fully saturated rings. The molecule has 0 saturated heterocycles. The van der Waals surface area contributed by atoms with E-state index < -0.39 is 17.5 Å². The smallest absolute Gasteiger partial charge is 0.152 e. The van der Waals surface area contributed by atoms with Crippen LogP contribution in [0.5, 0.6) is 0 Å². The normalized spacial score (nSPS) is 24.7. The van der Waals surface area contributed by atoms with Gasteiger partial charge in [-0.25, -0.2) is 13.2 Å². The first-order valence-electron chi connectivity index (χ1n) is 5.97. The molecule has 0 heterocycles. The summed E-state index contributed by atoms with van der Waals surface area (Å²) in [4.78, 5) is 0. The lowest BCUT2D eigenvalue weighted by molar-refractivity contribution is 0.359. The number of rotatable bonds is 2. The Balaban J connectivity index is 2.08. The Morgan fingerprint density at radius 1 is 1.00 bits per heavy atom. The molecule has 1 saturated carbocycles. The molecule has 0 aliphatic heterocycles. The lowest BCUT2D eigenvalue weighted by Crippen LogP contribution is -2.26. The van der Waals surface area contributed by atoms with Crippen LogP contribution in [0.15, 0.2) is 12.1 Å². The van der Waals surface area contributed by atoms with Crippen LogP contribution in [0.3, 0.4) is 0 Å². The van der Waals surface area contributed by atoms with E-state index in [1.54, 1.807) is 0 Å². The Bertz CT molecular complexity index is 375. The Morgan fingerprint density at radius 2 is 1.53 bits per heavy atom. The first-order valence-corrected chi connectivity index (χ1v) is 5.97. The van der Waals surface area contributed by atoms with Crippen molar-refractivity contribution in [2.75, 3.05) is 5.32 Å². The lowest BCUT2D eigenvalue weighted by atomic mass is 9.87. The third kappa shape index (κ3) is 2.93. The number of nitrogens with one attached hydrogen (secondary N) is 1. The largest absolute Gasteiger partial charge is 0.378 e. The topological polar surface area (TPSA) is 12.0 Å². The van der Waals surface area contributed by atoms with Gasteiger partial charge in [-0.05, 0) is 31.6 Å². The van der Waals surface area contributed by atoms with Crippen molar-refractivity contribution in [3.63, 3.8) is 0 Å². The maximum Gasteiger partial charge on any atom is 0.152 e. The molecule has 17 heavy (non-hydrogen) atoms. The van der Waals surface area contributed by atoms with Gasteiger partial charge in [-0.3, -0.25) is 0 Å². The van der Waals surface area contributed by atoms with E-state index in [-0.39, 0.29) is 11.7 Å². The standard InChI is InChI=1S/C13H16F3N/c1-8-2-4-10(5-3-8)17-13-11(15)6-9(14)7-12(13)16/h6-8,10,17H,2-5H2,1H3. The minimum absolute atomic E-state index is 0.0839. The molecular weight excluding hydrogens is 227 g/mol. The number of hydrogen-bond donors (Lipinski definition) is 1. The van der Waals surface area contributed by atoms with Crippen molar-refractivity contribution in [1.82, 2.24) is 0 Å². The van der Waals surface area contributed by atoms with E-state index in [4.69, 9.17) is 0 Å². The maximum atomic E-state index is 13.4. The fourth-order valence-electron chi connectivity index (χ4n) is 2.29. The van der Waals surface area contributed by atoms with Crippen molar-refractivity contribution < 1.29 is 13.2 Å². The summed E-state index contributed by atoms with van der Waals surface area (Å²) >= 11 is 0. The minimum Gasteiger partial charge on any atom is -0.378 e. The van der Waals surface area contributed by atoms with Gasteiger partial charge in [0.2, 0.25) is 0 Å². The number of anilines is 1. The van der Waals surface area contributed by atoms with Crippen LogP contribution in [-0.2, 0) is 0 Å². The minimum atomic E-state index is -0.886. The Labute approximate surface area is 99.0 Å². The number of benzene rings is 1. The molecule has 0 atom stereocenters. The molecular formula is C13H16F3N. The summed E-state index contributed by atoms with van der Waals surface area (Å²) in [6.45, 7) is 2.18. The lowest BCUT2D eigenvalue weighted by Gasteiger charge is -2.28. The average Bonchev–Trinajstić information content (AvgIpc) is 2.26. The van der Waals surface area contributed by atoms with Gasteiger partial charge < -0.3 is 5.32 Å². The zero-order valence-electron chi connectivity index (χ0n) is 9.77. The van der Waals surface area contributed by atoms with Crippen molar-refractivity contribution in [2.45, 2.75) is 38.6 Å². The number of halogens is 3. The van der Waals surface area contributed by atoms with Gasteiger partial charge >= 0.3 is 0 Å². The van der Waals surface area contributed by atoms with Crippen molar-refractivity contribution >= 4 is 5.69 Å². The van der Waals surface area contributed by atoms with Gasteiger partial charge in [-0.2, -0.15) is 0 Å². The second-order valence-electron chi connectivity index (χ2n) is 4.85. The van der Waals surface area contributed by atoms with Crippen LogP contribution in [0.4, 0.5) is 18.9 Å². The predicted octanol–water partition coefficient (Wildman–Crippen LogP) is 4.09. The molecule has 1 aromatic rings. The van der Waals surface area contributed by atoms with E-state index in [1.807, 2.05) is 0 Å². The van der Waals surface area contributed by atoms with Crippen LogP contribution < -0.4 is 5.32 Å². The van der Waals surface area contributed by atoms with Gasteiger partial charge in [-0.15, -0.1) is 0 Å². The molecule has 1 N–H and O–H groups in total. The van der Waals surface area contributed by atoms with Crippen molar-refractivity contribution in [3.05, 3.63) is 29.6 Å². The quantitative estimate of drug-likeness (QED) is 0.824. The highest BCUT2D eigenvalue weighted by molar-refractivity contribution is 5.47. The van der Waals surface area contributed by atoms with Crippen LogP contribution >= 0.6 is 0 Å². The molecule has 1 aliphatic carbocycles. The average molecular weight is 243 g/mol. The monoisotopic (exact) mass is 243 g/mol. The van der Waals surface area contributed by atoms with Crippen molar-refractivity contribution in [2.24, 2.45) is 5.92 Å². The molecule has 1 nitrogen and oxygen atoms in total. The second kappa shape index (κ2) is 4.98. The first kappa shape index (κ1) is 12.3. The SMILES string of the molecule is CC1CCC(Nc2c(F)cc(F)cc2F)CC1. The molecule has 2 rings (SSSR count). The van der Waals surface area contributed by atoms with E-state index in [2.05, 4.69) is 12.2 Å². The summed E-state index contributed by atoms with van der Waals surface area (Å²) in [6, 6.07) is 1.49. The summed E-state index contributed by atoms with van der Waals surface area (Å²) in [5.41, 5.74) is -0.203. The zero-order chi connectivity index (χ0) is 12.4. The highest BCUT2D eigenvalue weighted by atomic mass is 19.1. The molecule has 0 amide bonds. The summed E-state index contributed by atoms with van der Waals surface area (Å²) in [7, 11) is 0. The molecule has 0 radical (unpaired) electrons. The predicted molar refractivity (Wildman–Crippen MR) is 61.4 cm³/mol. The van der Waals surface area contributed by atoms with Gasteiger partial charge in [0.15, 0.2) is 11.6 Å². The molecule has 94 valence electrons. The van der Waals surface area contributed by atoms with E-state index in [0.717, 1.165) is 25.7 Å². The van der Waals surface area contributed by atoms with Gasteiger partial charge in [0, 0.05) is 18.2 Å². The zero-order valence-corrected chi connectivity index (χ0v) is 9.77. The Kier molecular flexibility index (Phi) is 3.60. The van der Waals surface area contributed by atoms with Gasteiger partial charge in [0.25, 0.3) is 0 Å². The van der Waals surface area contributed by atoms with Crippen LogP contribution in [0.1, 0.15) is 32.6 Å². The third-order valence-electron chi connectivity index (χ3n) is 3.37. The van der Waals surface area contributed by atoms with Gasteiger partial charge in [-0.1, -0.05) is 6.92 Å². The highest BCUT2D eigenvalue weighted by Crippen LogP contribution is 2.28. The Morgan fingerprint density at radius 3 is 2.06 bits per heavy atom. The van der Waals surface area contributed by atoms with Crippen molar-refractivity contribution in [1.29, 1.82) is 0 Å². The number of hydrogen-bond acceptors (Lipinski definition) is 1. The Hall–Kier alpha value is -1.19. The molecule has 0 unspecified atom stereocenters. The summed E-state index contributed by atoms with van der Waals surface area (Å²) < 4.78 is 39.5. The molecule has 4 heteroatoms. The van der Waals surface area contributed by atoms with Gasteiger partial charge in [0.1, 0.15) is 11.5 Å². The van der Waals surface area contributed by atoms with E-state index in [9.17, 15) is 13.2 Å². The molecule has 1 aliphatic rings. The molecule has 0 bridgehead atoms. The maximum absolute atomic E-state index is 13.4. The highest BCUT2D eigenvalue weighted by Gasteiger charge is 2.20. The van der Waals surface area contributed by atoms with Crippen LogP contribution in [0.2, 0.25) is 0 Å². The second-order valence-corrected chi connectivity index (χ2v) is 4.85. The molecule has 0 spiro atoms. The van der Waals surface area contributed by atoms with E-state index >= 15 is 0 Å². The summed E-state index contributed by atoms with van der Waals surface area (Å²) in [6.07, 6.45) is 3.92. The molecule has 0 aromatic heterocycles. The first-order chi connectivity index (χ1) is 8.06. The summed E-state index contributed by atoms with van der Waals surface area (Å²) in [5, 5.41) is 2.85. The van der Waals surface area contributed by atoms with Crippen LogP contribution in [0.25, 0.3) is 0 Å². The van der Waals surface area contributed by atoms with E-state index in [0.29, 0.717) is 18.1 Å². The fourth-order valence-corrected chi connectivity index (χ4v) is 2.29. The van der Waals surface area contributed by atoms with Crippen LogP contribution in [-0.4, -0.2) is 6.04 Å². The fraction of sp³-hybridized carbons (Fsp3) is 0.538.